The fourth-order valence-corrected chi connectivity index (χ4v) is 11.9. The van der Waals surface area contributed by atoms with Crippen molar-refractivity contribution in [2.75, 3.05) is 85.1 Å². The zero-order chi connectivity index (χ0) is 54.1. The average molecular weight is 1060 g/mol. The Hall–Kier alpha value is -5.74. The molecule has 406 valence electrons. The molecule has 7 heterocycles. The first kappa shape index (κ1) is 55.5. The number of halogens is 3. The minimum absolute atomic E-state index is 0.0710. The summed E-state index contributed by atoms with van der Waals surface area (Å²) in [5.74, 6) is -2.58. The fraction of sp³-hybridized carbons (Fsp3) is 0.574. The first-order chi connectivity index (χ1) is 35.5. The van der Waals surface area contributed by atoms with E-state index in [1.165, 1.54) is 31.9 Å². The van der Waals surface area contributed by atoms with Crippen LogP contribution < -0.4 is 15.6 Å². The lowest BCUT2D eigenvalue weighted by Gasteiger charge is -2.42. The lowest BCUT2D eigenvalue weighted by Crippen LogP contribution is -2.66. The van der Waals surface area contributed by atoms with E-state index >= 15 is 13.2 Å². The van der Waals surface area contributed by atoms with Crippen molar-refractivity contribution < 1.29 is 46.6 Å². The number of ether oxygens (including phenoxy) is 2. The number of alkyl halides is 3. The summed E-state index contributed by atoms with van der Waals surface area (Å²) in [5, 5.41) is 7.24. The van der Waals surface area contributed by atoms with Crippen molar-refractivity contribution in [3.05, 3.63) is 65.4 Å². The second-order valence-electron chi connectivity index (χ2n) is 21.9. The Morgan fingerprint density at radius 3 is 2.52 bits per heavy atom. The highest BCUT2D eigenvalue weighted by Gasteiger charge is 2.43. The van der Waals surface area contributed by atoms with Crippen LogP contribution in [0, 0.1) is 17.3 Å². The SMILES string of the molecule is C=CC(=O)N1CC[C@H](C(=O)N(C)[C@H](C(=O)N[C@H]2Cc3csc(n3)-c3ccc4c(c3)c(c(-c3cc(N5CCN(C)CC5)cnc3[C@H](C)OC)n4CC(F)(F)F)CC(C)(C)COC[C@@]3(C=O)CCCN(N3)C2=O)C(C)C)C1. The molecular weight excluding hydrogens is 990 g/mol. The number of likely N-dealkylation sites (tertiary alicyclic amines) is 1. The van der Waals surface area contributed by atoms with Crippen LogP contribution in [0.1, 0.15) is 76.9 Å². The molecular formula is C54H71F3N10O7S. The van der Waals surface area contributed by atoms with E-state index in [1.54, 1.807) is 42.8 Å². The van der Waals surface area contributed by atoms with Gasteiger partial charge in [-0.2, -0.15) is 13.2 Å². The molecule has 3 aromatic heterocycles. The number of rotatable bonds is 12. The molecule has 4 aliphatic heterocycles. The number of methoxy groups -OCH3 is 1. The first-order valence-corrected chi connectivity index (χ1v) is 26.7. The number of carbonyl (C=O) groups is 5. The van der Waals surface area contributed by atoms with Gasteiger partial charge in [-0.15, -0.1) is 11.3 Å². The van der Waals surface area contributed by atoms with Gasteiger partial charge in [0.2, 0.25) is 17.7 Å². The summed E-state index contributed by atoms with van der Waals surface area (Å²) >= 11 is 1.30. The van der Waals surface area contributed by atoms with Gasteiger partial charge in [0.25, 0.3) is 5.91 Å². The molecule has 2 N–H and O–H groups in total. The zero-order valence-corrected chi connectivity index (χ0v) is 45.1. The molecule has 4 amide bonds. The maximum Gasteiger partial charge on any atom is 0.406 e. The number of thiazole rings is 1. The number of nitrogens with one attached hydrogen (secondary N) is 2. The summed E-state index contributed by atoms with van der Waals surface area (Å²) in [6.07, 6.45) is -0.0887. The van der Waals surface area contributed by atoms with Crippen molar-refractivity contribution in [1.29, 1.82) is 0 Å². The molecule has 4 aromatic rings. The van der Waals surface area contributed by atoms with Gasteiger partial charge in [-0.05, 0) is 86.9 Å². The molecule has 0 aliphatic carbocycles. The number of aromatic nitrogens is 3. The van der Waals surface area contributed by atoms with E-state index in [0.717, 1.165) is 25.1 Å². The number of likely N-dealkylation sites (N-methyl/N-ethyl adjacent to an activating group) is 2. The average Bonchev–Trinajstić information content (AvgIpc) is 4.13. The van der Waals surface area contributed by atoms with E-state index < -0.39 is 59.6 Å². The predicted octanol–water partition coefficient (Wildman–Crippen LogP) is 6.06. The van der Waals surface area contributed by atoms with Gasteiger partial charge in [-0.1, -0.05) is 34.3 Å². The van der Waals surface area contributed by atoms with Crippen LogP contribution in [0.2, 0.25) is 0 Å². The van der Waals surface area contributed by atoms with Crippen molar-refractivity contribution in [3.63, 3.8) is 0 Å². The van der Waals surface area contributed by atoms with Crippen molar-refractivity contribution in [1.82, 2.24) is 45.0 Å². The van der Waals surface area contributed by atoms with Crippen LogP contribution in [-0.2, 0) is 52.8 Å². The van der Waals surface area contributed by atoms with Gasteiger partial charge < -0.3 is 43.8 Å². The molecule has 0 radical (unpaired) electrons. The minimum atomic E-state index is -4.61. The van der Waals surface area contributed by atoms with E-state index in [2.05, 4.69) is 34.2 Å². The van der Waals surface area contributed by atoms with Gasteiger partial charge >= 0.3 is 6.18 Å². The van der Waals surface area contributed by atoms with E-state index in [1.807, 2.05) is 46.8 Å². The number of benzene rings is 1. The summed E-state index contributed by atoms with van der Waals surface area (Å²) in [4.78, 5) is 86.2. The number of aldehydes is 1. The highest BCUT2D eigenvalue weighted by Crippen LogP contribution is 2.44. The number of anilines is 1. The molecule has 3 saturated heterocycles. The van der Waals surface area contributed by atoms with Gasteiger partial charge in [0, 0.05) is 93.8 Å². The van der Waals surface area contributed by atoms with Gasteiger partial charge in [-0.3, -0.25) is 29.2 Å². The molecule has 0 unspecified atom stereocenters. The van der Waals surface area contributed by atoms with Gasteiger partial charge in [0.15, 0.2) is 0 Å². The van der Waals surface area contributed by atoms with Crippen LogP contribution >= 0.6 is 11.3 Å². The number of amides is 4. The van der Waals surface area contributed by atoms with Gasteiger partial charge in [0.1, 0.15) is 35.5 Å². The molecule has 0 spiro atoms. The summed E-state index contributed by atoms with van der Waals surface area (Å²) in [6.45, 7) is 15.5. The standard InChI is InChI=1S/C54H71F3N10O7S/c1-10-44(69)65-17-14-36(27-65)50(71)63(8)46(33(2)3)48(70)60-42-23-37-28-75-49(59-37)35-12-13-43-39(22-35)41(25-52(5,6)31-74-32-53(30-68)15-11-16-67(61-53)51(42)72)47(66(43)29-54(55,56)57)40-24-38(26-58-45(40)34(4)73-9)64-20-18-62(7)19-21-64/h10,12-13,22,24,26,28,30,33-34,36,42,46,61H,1,11,14-21,23,25,27,29,31-32H2,2-9H3,(H,60,70)/t34-,36-,42-,46-,53-/m0/s1. The highest BCUT2D eigenvalue weighted by atomic mass is 32.1. The third kappa shape index (κ3) is 12.1. The summed E-state index contributed by atoms with van der Waals surface area (Å²) in [5.41, 5.74) is 5.40. The number of hydrogen-bond donors (Lipinski definition) is 2. The van der Waals surface area contributed by atoms with Crippen molar-refractivity contribution in [3.8, 4) is 21.8 Å². The lowest BCUT2D eigenvalue weighted by molar-refractivity contribution is -0.149. The summed E-state index contributed by atoms with van der Waals surface area (Å²) in [7, 11) is 5.16. The van der Waals surface area contributed by atoms with E-state index in [4.69, 9.17) is 19.4 Å². The Morgan fingerprint density at radius 1 is 1.09 bits per heavy atom. The molecule has 8 rings (SSSR count). The van der Waals surface area contributed by atoms with Crippen LogP contribution in [0.25, 0.3) is 32.7 Å². The smallest absolute Gasteiger partial charge is 0.378 e. The Kier molecular flexibility index (Phi) is 16.6. The normalized spacial score (nSPS) is 22.7. The number of hydrazine groups is 1. The van der Waals surface area contributed by atoms with Crippen LogP contribution in [0.15, 0.2) is 48.5 Å². The quantitative estimate of drug-likeness (QED) is 0.124. The summed E-state index contributed by atoms with van der Waals surface area (Å²) < 4.78 is 58.9. The van der Waals surface area contributed by atoms with Crippen LogP contribution in [0.5, 0.6) is 0 Å². The first-order valence-electron chi connectivity index (χ1n) is 25.8. The van der Waals surface area contributed by atoms with E-state index in [0.29, 0.717) is 88.6 Å². The fourth-order valence-electron chi connectivity index (χ4n) is 11.1. The molecule has 5 atom stereocenters. The maximum absolute atomic E-state index is 15.1. The lowest BCUT2D eigenvalue weighted by atomic mass is 9.84. The largest absolute Gasteiger partial charge is 0.406 e. The number of hydrogen-bond acceptors (Lipinski definition) is 13. The third-order valence-electron chi connectivity index (χ3n) is 15.1. The number of nitrogens with zero attached hydrogens (tertiary/aromatic N) is 8. The van der Waals surface area contributed by atoms with Crippen molar-refractivity contribution in [2.24, 2.45) is 17.3 Å². The number of carbonyl (C=O) groups excluding carboxylic acids is 5. The Balaban J connectivity index is 1.23. The number of pyridine rings is 1. The number of fused-ring (bicyclic) bond motifs is 6. The molecule has 1 aromatic carbocycles. The molecule has 17 nitrogen and oxygen atoms in total. The van der Waals surface area contributed by atoms with Crippen LogP contribution in [0.4, 0.5) is 18.9 Å². The van der Waals surface area contributed by atoms with Gasteiger partial charge in [0.05, 0.1) is 54.2 Å². The topological polar surface area (TPSA) is 175 Å². The molecule has 4 aliphatic rings. The van der Waals surface area contributed by atoms with E-state index in [-0.39, 0.29) is 56.9 Å². The van der Waals surface area contributed by atoms with Crippen LogP contribution in [0.3, 0.4) is 0 Å². The molecule has 0 saturated carbocycles. The zero-order valence-electron chi connectivity index (χ0n) is 44.3. The maximum atomic E-state index is 15.1. The minimum Gasteiger partial charge on any atom is -0.378 e. The Bertz CT molecular complexity index is 2790. The summed E-state index contributed by atoms with van der Waals surface area (Å²) in [6, 6.07) is 5.07. The van der Waals surface area contributed by atoms with E-state index in [9.17, 15) is 24.0 Å². The van der Waals surface area contributed by atoms with Gasteiger partial charge in [-0.25, -0.2) is 10.4 Å². The molecule has 6 bridgehead atoms. The number of piperazine rings is 1. The second kappa shape index (κ2) is 22.5. The molecule has 3 fully saturated rings. The second-order valence-corrected chi connectivity index (χ2v) is 22.7. The Morgan fingerprint density at radius 2 is 1.84 bits per heavy atom. The van der Waals surface area contributed by atoms with Crippen molar-refractivity contribution >= 4 is 57.8 Å². The Labute approximate surface area is 440 Å². The predicted molar refractivity (Wildman–Crippen MR) is 281 cm³/mol. The molecule has 21 heteroatoms. The van der Waals surface area contributed by atoms with Crippen molar-refractivity contribution in [2.45, 2.75) is 103 Å². The van der Waals surface area contributed by atoms with Crippen LogP contribution in [-0.4, -0.2) is 168 Å². The monoisotopic (exact) mass is 1060 g/mol. The third-order valence-corrected chi connectivity index (χ3v) is 16.1. The highest BCUT2D eigenvalue weighted by molar-refractivity contribution is 7.13. The molecule has 75 heavy (non-hydrogen) atoms.